The molecule has 0 unspecified atom stereocenters. The van der Waals surface area contributed by atoms with Crippen molar-refractivity contribution in [1.29, 1.82) is 0 Å². The molecule has 2 aromatic heterocycles. The first kappa shape index (κ1) is 16.3. The lowest BCUT2D eigenvalue weighted by molar-refractivity contribution is 0.618. The molecular weight excluding hydrogens is 324 g/mol. The van der Waals surface area contributed by atoms with Gasteiger partial charge in [-0.3, -0.25) is 0 Å². The molecule has 0 fully saturated rings. The normalized spacial score (nSPS) is 11.0. The number of fused-ring (bicyclic) bond motifs is 1. The Hall–Kier alpha value is -3.18. The molecule has 130 valence electrons. The number of rotatable bonds is 6. The predicted octanol–water partition coefficient (Wildman–Crippen LogP) is 4.32. The van der Waals surface area contributed by atoms with Crippen LogP contribution in [0.4, 0.5) is 5.82 Å². The quantitative estimate of drug-likeness (QED) is 0.510. The van der Waals surface area contributed by atoms with Gasteiger partial charge in [0.25, 0.3) is 0 Å². The number of nitrogens with one attached hydrogen (secondary N) is 1. The lowest BCUT2D eigenvalue weighted by atomic mass is 9.99. The molecule has 26 heavy (non-hydrogen) atoms. The standard InChI is InChI=1S/C21H20N4O/c22-12-7-13-23-20-18-17(15-8-3-1-4-9-15)19(16-10-5-2-6-11-16)26-21(18)25-14-24-20/h1-6,8-11,14H,7,12-13,22H2,(H,23,24,25). The van der Waals surface area contributed by atoms with Crippen LogP contribution in [0, 0.1) is 0 Å². The molecule has 5 nitrogen and oxygen atoms in total. The van der Waals surface area contributed by atoms with Crippen molar-refractivity contribution < 1.29 is 4.42 Å². The first-order chi connectivity index (χ1) is 12.9. The number of nitrogens with two attached hydrogens (primary N) is 1. The van der Waals surface area contributed by atoms with E-state index in [1.807, 2.05) is 48.5 Å². The maximum atomic E-state index is 6.17. The van der Waals surface area contributed by atoms with Crippen LogP contribution in [0.2, 0.25) is 0 Å². The maximum Gasteiger partial charge on any atom is 0.232 e. The van der Waals surface area contributed by atoms with Crippen LogP contribution < -0.4 is 11.1 Å². The van der Waals surface area contributed by atoms with Crippen LogP contribution in [0.1, 0.15) is 6.42 Å². The van der Waals surface area contributed by atoms with E-state index in [1.165, 1.54) is 6.33 Å². The Morgan fingerprint density at radius 3 is 2.27 bits per heavy atom. The molecule has 0 amide bonds. The van der Waals surface area contributed by atoms with Crippen LogP contribution in [-0.4, -0.2) is 23.1 Å². The zero-order valence-corrected chi connectivity index (χ0v) is 14.4. The topological polar surface area (TPSA) is 77.0 Å². The van der Waals surface area contributed by atoms with Crippen LogP contribution in [0.3, 0.4) is 0 Å². The third-order valence-corrected chi connectivity index (χ3v) is 4.26. The fourth-order valence-electron chi connectivity index (χ4n) is 3.05. The second-order valence-corrected chi connectivity index (χ2v) is 6.01. The molecule has 0 aliphatic carbocycles. The fourth-order valence-corrected chi connectivity index (χ4v) is 3.05. The molecule has 0 spiro atoms. The van der Waals surface area contributed by atoms with Gasteiger partial charge in [-0.15, -0.1) is 0 Å². The summed E-state index contributed by atoms with van der Waals surface area (Å²) < 4.78 is 6.17. The zero-order chi connectivity index (χ0) is 17.8. The largest absolute Gasteiger partial charge is 0.437 e. The molecule has 0 atom stereocenters. The molecule has 0 radical (unpaired) electrons. The number of benzene rings is 2. The maximum absolute atomic E-state index is 6.17. The number of nitrogens with zero attached hydrogens (tertiary/aromatic N) is 2. The summed E-state index contributed by atoms with van der Waals surface area (Å²) in [4.78, 5) is 8.81. The molecule has 0 aliphatic rings. The number of anilines is 1. The Bertz CT molecular complexity index is 997. The van der Waals surface area contributed by atoms with Crippen molar-refractivity contribution in [2.45, 2.75) is 6.42 Å². The van der Waals surface area contributed by atoms with Gasteiger partial charge in [0.2, 0.25) is 5.71 Å². The monoisotopic (exact) mass is 344 g/mol. The number of hydrogen-bond acceptors (Lipinski definition) is 5. The van der Waals surface area contributed by atoms with E-state index in [-0.39, 0.29) is 0 Å². The van der Waals surface area contributed by atoms with E-state index in [0.717, 1.165) is 46.6 Å². The average Bonchev–Trinajstić information content (AvgIpc) is 3.10. The highest BCUT2D eigenvalue weighted by molar-refractivity contribution is 6.05. The second-order valence-electron chi connectivity index (χ2n) is 6.01. The van der Waals surface area contributed by atoms with Crippen LogP contribution in [0.5, 0.6) is 0 Å². The van der Waals surface area contributed by atoms with Gasteiger partial charge in [-0.1, -0.05) is 60.7 Å². The smallest absolute Gasteiger partial charge is 0.232 e. The summed E-state index contributed by atoms with van der Waals surface area (Å²) in [7, 11) is 0. The van der Waals surface area contributed by atoms with E-state index >= 15 is 0 Å². The highest BCUT2D eigenvalue weighted by atomic mass is 16.3. The third-order valence-electron chi connectivity index (χ3n) is 4.26. The van der Waals surface area contributed by atoms with Crippen molar-refractivity contribution in [3.8, 4) is 22.5 Å². The second kappa shape index (κ2) is 7.37. The highest BCUT2D eigenvalue weighted by Gasteiger charge is 2.21. The first-order valence-corrected chi connectivity index (χ1v) is 8.71. The number of hydrogen-bond donors (Lipinski definition) is 2. The van der Waals surface area contributed by atoms with Crippen molar-refractivity contribution in [2.24, 2.45) is 5.73 Å². The van der Waals surface area contributed by atoms with Crippen molar-refractivity contribution in [3.05, 3.63) is 67.0 Å². The van der Waals surface area contributed by atoms with Gasteiger partial charge >= 0.3 is 0 Å². The third kappa shape index (κ3) is 3.05. The summed E-state index contributed by atoms with van der Waals surface area (Å²) in [6, 6.07) is 20.3. The molecule has 2 heterocycles. The van der Waals surface area contributed by atoms with Gasteiger partial charge in [-0.25, -0.2) is 9.97 Å². The van der Waals surface area contributed by atoms with E-state index < -0.39 is 0 Å². The van der Waals surface area contributed by atoms with Crippen molar-refractivity contribution in [1.82, 2.24) is 9.97 Å². The Labute approximate surface area is 151 Å². The zero-order valence-electron chi connectivity index (χ0n) is 14.4. The predicted molar refractivity (Wildman–Crippen MR) is 105 cm³/mol. The molecular formula is C21H20N4O. The van der Waals surface area contributed by atoms with E-state index in [9.17, 15) is 0 Å². The summed E-state index contributed by atoms with van der Waals surface area (Å²) in [5.41, 5.74) is 9.28. The molecule has 2 aromatic carbocycles. The van der Waals surface area contributed by atoms with Crippen LogP contribution >= 0.6 is 0 Å². The minimum atomic E-state index is 0.577. The molecule has 0 saturated heterocycles. The van der Waals surface area contributed by atoms with Crippen LogP contribution in [0.15, 0.2) is 71.4 Å². The van der Waals surface area contributed by atoms with Gasteiger partial charge < -0.3 is 15.5 Å². The molecule has 0 bridgehead atoms. The van der Waals surface area contributed by atoms with Crippen LogP contribution in [-0.2, 0) is 0 Å². The summed E-state index contributed by atoms with van der Waals surface area (Å²) in [5.74, 6) is 1.57. The Kier molecular flexibility index (Phi) is 4.62. The van der Waals surface area contributed by atoms with Crippen LogP contribution in [0.25, 0.3) is 33.6 Å². The molecule has 0 aliphatic heterocycles. The Morgan fingerprint density at radius 1 is 0.885 bits per heavy atom. The first-order valence-electron chi connectivity index (χ1n) is 8.71. The van der Waals surface area contributed by atoms with E-state index in [1.54, 1.807) is 0 Å². The van der Waals surface area contributed by atoms with Gasteiger partial charge in [0, 0.05) is 17.7 Å². The molecule has 3 N–H and O–H groups in total. The lowest BCUT2D eigenvalue weighted by Gasteiger charge is -2.08. The Morgan fingerprint density at radius 2 is 1.58 bits per heavy atom. The Balaban J connectivity index is 1.96. The number of furan rings is 1. The summed E-state index contributed by atoms with van der Waals surface area (Å²) in [5, 5.41) is 4.27. The van der Waals surface area contributed by atoms with Gasteiger partial charge in [0.15, 0.2) is 0 Å². The fraction of sp³-hybridized carbons (Fsp3) is 0.143. The number of aromatic nitrogens is 2. The molecule has 4 rings (SSSR count). The average molecular weight is 344 g/mol. The van der Waals surface area contributed by atoms with E-state index in [2.05, 4.69) is 27.4 Å². The van der Waals surface area contributed by atoms with Crippen molar-refractivity contribution in [2.75, 3.05) is 18.4 Å². The molecule has 4 aromatic rings. The van der Waals surface area contributed by atoms with Crippen molar-refractivity contribution >= 4 is 16.9 Å². The van der Waals surface area contributed by atoms with E-state index in [0.29, 0.717) is 12.3 Å². The minimum absolute atomic E-state index is 0.577. The SMILES string of the molecule is NCCCNc1ncnc2oc(-c3ccccc3)c(-c3ccccc3)c12. The van der Waals surface area contributed by atoms with Gasteiger partial charge in [0.1, 0.15) is 17.9 Å². The minimum Gasteiger partial charge on any atom is -0.437 e. The summed E-state index contributed by atoms with van der Waals surface area (Å²) >= 11 is 0. The van der Waals surface area contributed by atoms with Gasteiger partial charge in [-0.2, -0.15) is 0 Å². The highest BCUT2D eigenvalue weighted by Crippen LogP contribution is 2.42. The molecule has 0 saturated carbocycles. The van der Waals surface area contributed by atoms with Crippen molar-refractivity contribution in [3.63, 3.8) is 0 Å². The van der Waals surface area contributed by atoms with E-state index in [4.69, 9.17) is 10.2 Å². The lowest BCUT2D eigenvalue weighted by Crippen LogP contribution is -2.09. The molecule has 5 heteroatoms. The van der Waals surface area contributed by atoms with Gasteiger partial charge in [-0.05, 0) is 18.5 Å². The summed E-state index contributed by atoms with van der Waals surface area (Å²) in [6.45, 7) is 1.39. The summed E-state index contributed by atoms with van der Waals surface area (Å²) in [6.07, 6.45) is 2.40. The van der Waals surface area contributed by atoms with Gasteiger partial charge in [0.05, 0.1) is 5.39 Å².